The first-order valence-corrected chi connectivity index (χ1v) is 8.16. The van der Waals surface area contributed by atoms with E-state index in [-0.39, 0.29) is 11.4 Å². The van der Waals surface area contributed by atoms with E-state index >= 15 is 0 Å². The zero-order valence-electron chi connectivity index (χ0n) is 13.3. The summed E-state index contributed by atoms with van der Waals surface area (Å²) in [6.45, 7) is 0.411. The fourth-order valence-corrected chi connectivity index (χ4v) is 2.77. The van der Waals surface area contributed by atoms with Gasteiger partial charge in [0.1, 0.15) is 5.69 Å². The third-order valence-corrected chi connectivity index (χ3v) is 3.99. The molecule has 0 unspecified atom stereocenters. The standard InChI is InChI=1S/C18H14Cl2N2O3/c1-24-18(23)15-16(12-5-3-7-14(20)9-12)22-25-17(15)21-10-11-4-2-6-13(19)8-11/h2-9,21H,10H2,1H3. The summed E-state index contributed by atoms with van der Waals surface area (Å²) in [5.74, 6) is -0.327. The number of aromatic nitrogens is 1. The van der Waals surface area contributed by atoms with Crippen molar-refractivity contribution in [3.05, 3.63) is 69.7 Å². The molecule has 0 amide bonds. The summed E-state index contributed by atoms with van der Waals surface area (Å²) in [7, 11) is 1.30. The highest BCUT2D eigenvalue weighted by Crippen LogP contribution is 2.31. The Labute approximate surface area is 154 Å². The molecule has 25 heavy (non-hydrogen) atoms. The maximum atomic E-state index is 12.2. The highest BCUT2D eigenvalue weighted by molar-refractivity contribution is 6.31. The molecular formula is C18H14Cl2N2O3. The lowest BCUT2D eigenvalue weighted by atomic mass is 10.1. The summed E-state index contributed by atoms with van der Waals surface area (Å²) >= 11 is 12.0. The van der Waals surface area contributed by atoms with Crippen molar-refractivity contribution in [3.63, 3.8) is 0 Å². The van der Waals surface area contributed by atoms with E-state index in [1.165, 1.54) is 7.11 Å². The molecule has 0 aliphatic carbocycles. The van der Waals surface area contributed by atoms with E-state index < -0.39 is 5.97 Å². The molecule has 1 N–H and O–H groups in total. The minimum absolute atomic E-state index is 0.215. The zero-order valence-corrected chi connectivity index (χ0v) is 14.8. The molecule has 5 nitrogen and oxygen atoms in total. The molecule has 0 aliphatic heterocycles. The summed E-state index contributed by atoms with van der Waals surface area (Å²) in [6, 6.07) is 14.4. The SMILES string of the molecule is COC(=O)c1c(-c2cccc(Cl)c2)noc1NCc1cccc(Cl)c1. The van der Waals surface area contributed by atoms with Crippen molar-refractivity contribution in [1.29, 1.82) is 0 Å². The number of rotatable bonds is 5. The summed E-state index contributed by atoms with van der Waals surface area (Å²) in [5, 5.41) is 8.22. The van der Waals surface area contributed by atoms with Gasteiger partial charge in [0.05, 0.1) is 7.11 Å². The molecule has 3 rings (SSSR count). The topological polar surface area (TPSA) is 64.4 Å². The molecule has 0 saturated carbocycles. The number of carbonyl (C=O) groups excluding carboxylic acids is 1. The maximum Gasteiger partial charge on any atom is 0.345 e. The summed E-state index contributed by atoms with van der Waals surface area (Å²) in [6.07, 6.45) is 0. The van der Waals surface area contributed by atoms with Gasteiger partial charge in [0, 0.05) is 22.2 Å². The molecule has 7 heteroatoms. The van der Waals surface area contributed by atoms with Crippen LogP contribution in [0.2, 0.25) is 10.0 Å². The maximum absolute atomic E-state index is 12.2. The number of esters is 1. The Hall–Kier alpha value is -2.50. The number of nitrogens with zero attached hydrogens (tertiary/aromatic N) is 1. The van der Waals surface area contributed by atoms with Crippen molar-refractivity contribution in [2.45, 2.75) is 6.54 Å². The zero-order chi connectivity index (χ0) is 17.8. The van der Waals surface area contributed by atoms with Crippen molar-refractivity contribution < 1.29 is 14.1 Å². The molecule has 0 atom stereocenters. The van der Waals surface area contributed by atoms with Gasteiger partial charge in [-0.05, 0) is 29.8 Å². The first-order valence-electron chi connectivity index (χ1n) is 7.40. The molecule has 0 spiro atoms. The second kappa shape index (κ2) is 7.59. The van der Waals surface area contributed by atoms with Gasteiger partial charge in [-0.2, -0.15) is 0 Å². The molecule has 0 saturated heterocycles. The fourth-order valence-electron chi connectivity index (χ4n) is 2.36. The average molecular weight is 377 g/mol. The van der Waals surface area contributed by atoms with E-state index in [1.807, 2.05) is 18.2 Å². The van der Waals surface area contributed by atoms with Crippen molar-refractivity contribution in [2.24, 2.45) is 0 Å². The highest BCUT2D eigenvalue weighted by atomic mass is 35.5. The molecule has 2 aromatic carbocycles. The Morgan fingerprint density at radius 3 is 2.56 bits per heavy atom. The number of methoxy groups -OCH3 is 1. The number of nitrogens with one attached hydrogen (secondary N) is 1. The Kier molecular flexibility index (Phi) is 5.26. The number of ether oxygens (including phenoxy) is 1. The number of halogens is 2. The minimum Gasteiger partial charge on any atom is -0.465 e. The van der Waals surface area contributed by atoms with Gasteiger partial charge in [-0.3, -0.25) is 0 Å². The third kappa shape index (κ3) is 3.95. The van der Waals surface area contributed by atoms with Crippen LogP contribution in [0.25, 0.3) is 11.3 Å². The van der Waals surface area contributed by atoms with Crippen molar-refractivity contribution in [3.8, 4) is 11.3 Å². The number of carbonyl (C=O) groups is 1. The molecule has 1 aromatic heterocycles. The smallest absolute Gasteiger partial charge is 0.345 e. The predicted octanol–water partition coefficient (Wildman–Crippen LogP) is 5.05. The summed E-state index contributed by atoms with van der Waals surface area (Å²) in [5.41, 5.74) is 2.17. The Balaban J connectivity index is 1.93. The van der Waals surface area contributed by atoms with Crippen LogP contribution >= 0.6 is 23.2 Å². The quantitative estimate of drug-likeness (QED) is 0.631. The van der Waals surface area contributed by atoms with Crippen LogP contribution in [0.3, 0.4) is 0 Å². The lowest BCUT2D eigenvalue weighted by Crippen LogP contribution is -2.07. The molecule has 0 fully saturated rings. The van der Waals surface area contributed by atoms with Crippen molar-refractivity contribution in [2.75, 3.05) is 12.4 Å². The second-order valence-electron chi connectivity index (χ2n) is 5.22. The summed E-state index contributed by atoms with van der Waals surface area (Å²) in [4.78, 5) is 12.2. The first-order chi connectivity index (χ1) is 12.1. The van der Waals surface area contributed by atoms with Crippen LogP contribution in [0.15, 0.2) is 53.1 Å². The van der Waals surface area contributed by atoms with Gasteiger partial charge in [0.15, 0.2) is 5.56 Å². The molecule has 0 bridgehead atoms. The summed E-state index contributed by atoms with van der Waals surface area (Å²) < 4.78 is 10.2. The normalized spacial score (nSPS) is 10.5. The van der Waals surface area contributed by atoms with Crippen LogP contribution < -0.4 is 5.32 Å². The van der Waals surface area contributed by atoms with E-state index in [1.54, 1.807) is 30.3 Å². The van der Waals surface area contributed by atoms with Gasteiger partial charge in [-0.15, -0.1) is 0 Å². The van der Waals surface area contributed by atoms with Gasteiger partial charge in [0.25, 0.3) is 0 Å². The van der Waals surface area contributed by atoms with Crippen LogP contribution in [0.5, 0.6) is 0 Å². The van der Waals surface area contributed by atoms with Gasteiger partial charge in [0.2, 0.25) is 5.88 Å². The molecule has 0 aliphatic rings. The lowest BCUT2D eigenvalue weighted by molar-refractivity contribution is 0.0602. The molecule has 0 radical (unpaired) electrons. The van der Waals surface area contributed by atoms with Gasteiger partial charge in [-0.1, -0.05) is 52.6 Å². The second-order valence-corrected chi connectivity index (χ2v) is 6.09. The Morgan fingerprint density at radius 1 is 1.16 bits per heavy atom. The third-order valence-electron chi connectivity index (χ3n) is 3.52. The Morgan fingerprint density at radius 2 is 1.88 bits per heavy atom. The molecule has 128 valence electrons. The van der Waals surface area contributed by atoms with Crippen LogP contribution in [-0.4, -0.2) is 18.2 Å². The van der Waals surface area contributed by atoms with E-state index in [2.05, 4.69) is 10.5 Å². The monoisotopic (exact) mass is 376 g/mol. The number of hydrogen-bond donors (Lipinski definition) is 1. The molecular weight excluding hydrogens is 363 g/mol. The van der Waals surface area contributed by atoms with E-state index in [0.717, 1.165) is 5.56 Å². The van der Waals surface area contributed by atoms with Crippen LogP contribution in [-0.2, 0) is 11.3 Å². The van der Waals surface area contributed by atoms with Crippen LogP contribution in [0.1, 0.15) is 15.9 Å². The number of hydrogen-bond acceptors (Lipinski definition) is 5. The Bertz CT molecular complexity index is 909. The number of benzene rings is 2. The lowest BCUT2D eigenvalue weighted by Gasteiger charge is -2.06. The average Bonchev–Trinajstić information content (AvgIpc) is 3.03. The van der Waals surface area contributed by atoms with Crippen molar-refractivity contribution in [1.82, 2.24) is 5.16 Å². The molecule has 1 heterocycles. The minimum atomic E-state index is -0.551. The van der Waals surface area contributed by atoms with Crippen molar-refractivity contribution >= 4 is 35.1 Å². The van der Waals surface area contributed by atoms with Gasteiger partial charge >= 0.3 is 5.97 Å². The highest BCUT2D eigenvalue weighted by Gasteiger charge is 2.25. The largest absolute Gasteiger partial charge is 0.465 e. The van der Waals surface area contributed by atoms with E-state index in [4.69, 9.17) is 32.5 Å². The van der Waals surface area contributed by atoms with E-state index in [0.29, 0.717) is 27.8 Å². The van der Waals surface area contributed by atoms with Gasteiger partial charge < -0.3 is 14.6 Å². The number of anilines is 1. The van der Waals surface area contributed by atoms with Gasteiger partial charge in [-0.25, -0.2) is 4.79 Å². The van der Waals surface area contributed by atoms with Crippen LogP contribution in [0, 0.1) is 0 Å². The molecule has 3 aromatic rings. The predicted molar refractivity (Wildman–Crippen MR) is 97.1 cm³/mol. The van der Waals surface area contributed by atoms with E-state index in [9.17, 15) is 4.79 Å². The van der Waals surface area contributed by atoms with Crippen LogP contribution in [0.4, 0.5) is 5.88 Å². The first kappa shape index (κ1) is 17.3. The fraction of sp³-hybridized carbons (Fsp3) is 0.111.